The summed E-state index contributed by atoms with van der Waals surface area (Å²) >= 11 is 0. The minimum absolute atomic E-state index is 0.0574. The Morgan fingerprint density at radius 2 is 1.71 bits per heavy atom. The molecule has 24 heavy (non-hydrogen) atoms. The molecule has 6 nitrogen and oxygen atoms in total. The molecule has 0 fully saturated rings. The van der Waals surface area contributed by atoms with Gasteiger partial charge in [0.05, 0.1) is 12.0 Å². The van der Waals surface area contributed by atoms with E-state index in [-0.39, 0.29) is 11.3 Å². The fourth-order valence-electron chi connectivity index (χ4n) is 2.28. The van der Waals surface area contributed by atoms with E-state index in [9.17, 15) is 18.3 Å². The molecule has 0 radical (unpaired) electrons. The highest BCUT2D eigenvalue weighted by Crippen LogP contribution is 2.20. The van der Waals surface area contributed by atoms with Gasteiger partial charge in [-0.1, -0.05) is 30.3 Å². The van der Waals surface area contributed by atoms with Gasteiger partial charge in [-0.2, -0.15) is 4.31 Å². The van der Waals surface area contributed by atoms with Crippen LogP contribution in [0.4, 0.5) is 0 Å². The maximum absolute atomic E-state index is 12.6. The molecule has 2 rings (SSSR count). The van der Waals surface area contributed by atoms with E-state index >= 15 is 0 Å². The maximum Gasteiger partial charge on any atom is 0.322 e. The van der Waals surface area contributed by atoms with Crippen molar-refractivity contribution < 1.29 is 23.1 Å². The smallest absolute Gasteiger partial charge is 0.322 e. The first-order valence-electron chi connectivity index (χ1n) is 7.25. The number of sulfonamides is 1. The maximum atomic E-state index is 12.6. The number of hydrogen-bond donors (Lipinski definition) is 1. The van der Waals surface area contributed by atoms with Gasteiger partial charge in [-0.05, 0) is 36.2 Å². The molecule has 0 aliphatic heterocycles. The fraction of sp³-hybridized carbons (Fsp3) is 0.235. The molecule has 0 bridgehead atoms. The first-order chi connectivity index (χ1) is 11.4. The summed E-state index contributed by atoms with van der Waals surface area (Å²) in [7, 11) is -1.07. The number of aliphatic carboxylic acids is 1. The van der Waals surface area contributed by atoms with Crippen molar-refractivity contribution in [3.05, 3.63) is 60.2 Å². The van der Waals surface area contributed by atoms with Gasteiger partial charge in [0.15, 0.2) is 0 Å². The number of carbonyl (C=O) groups is 1. The van der Waals surface area contributed by atoms with Crippen LogP contribution < -0.4 is 4.74 Å². The number of rotatable bonds is 7. The predicted octanol–water partition coefficient (Wildman–Crippen LogP) is 2.01. The van der Waals surface area contributed by atoms with Crippen molar-refractivity contribution in [3.63, 3.8) is 0 Å². The Morgan fingerprint density at radius 1 is 1.12 bits per heavy atom. The summed E-state index contributed by atoms with van der Waals surface area (Å²) < 4.78 is 31.2. The quantitative estimate of drug-likeness (QED) is 0.827. The van der Waals surface area contributed by atoms with Crippen LogP contribution in [0, 0.1) is 0 Å². The number of carboxylic acid groups (broad SMARTS) is 1. The molecule has 2 aromatic rings. The highest BCUT2D eigenvalue weighted by atomic mass is 32.2. The lowest BCUT2D eigenvalue weighted by atomic mass is 10.1. The molecule has 0 aromatic heterocycles. The standard InChI is InChI=1S/C17H19NO5S/c1-18(24(21,22)15-6-4-3-5-7-15)16(17(19)20)12-13-8-10-14(23-2)11-9-13/h3-11,16H,12H2,1-2H3,(H,19,20)/t16-/m1/s1. The molecule has 2 aromatic carbocycles. The molecule has 0 unspecified atom stereocenters. The lowest BCUT2D eigenvalue weighted by Gasteiger charge is -2.24. The second kappa shape index (κ2) is 7.46. The molecule has 1 N–H and O–H groups in total. The second-order valence-corrected chi connectivity index (χ2v) is 7.24. The summed E-state index contributed by atoms with van der Waals surface area (Å²) in [6, 6.07) is 13.4. The molecule has 0 spiro atoms. The molecule has 128 valence electrons. The Balaban J connectivity index is 2.27. The van der Waals surface area contributed by atoms with Gasteiger partial charge < -0.3 is 9.84 Å². The normalized spacial score (nSPS) is 12.8. The van der Waals surface area contributed by atoms with E-state index in [1.54, 1.807) is 42.5 Å². The molecule has 0 amide bonds. The average molecular weight is 349 g/mol. The lowest BCUT2D eigenvalue weighted by molar-refractivity contribution is -0.141. The van der Waals surface area contributed by atoms with Crippen molar-refractivity contribution in [2.45, 2.75) is 17.4 Å². The zero-order chi connectivity index (χ0) is 17.7. The number of methoxy groups -OCH3 is 1. The summed E-state index contributed by atoms with van der Waals surface area (Å²) in [5.74, 6) is -0.552. The summed E-state index contributed by atoms with van der Waals surface area (Å²) in [6.07, 6.45) is 0.0574. The molecule has 0 aliphatic rings. The number of benzene rings is 2. The van der Waals surface area contributed by atoms with Gasteiger partial charge in [0.2, 0.25) is 10.0 Å². The van der Waals surface area contributed by atoms with Crippen LogP contribution in [0.1, 0.15) is 5.56 Å². The van der Waals surface area contributed by atoms with E-state index in [1.165, 1.54) is 26.3 Å². The van der Waals surface area contributed by atoms with E-state index in [1.807, 2.05) is 0 Å². The highest BCUT2D eigenvalue weighted by molar-refractivity contribution is 7.89. The first kappa shape index (κ1) is 18.0. The minimum Gasteiger partial charge on any atom is -0.497 e. The third-order valence-corrected chi connectivity index (χ3v) is 5.61. The monoisotopic (exact) mass is 349 g/mol. The number of carboxylic acids is 1. The van der Waals surface area contributed by atoms with Crippen LogP contribution in [-0.4, -0.2) is 44.0 Å². The molecule has 0 aliphatic carbocycles. The van der Waals surface area contributed by atoms with Gasteiger partial charge >= 0.3 is 5.97 Å². The highest BCUT2D eigenvalue weighted by Gasteiger charge is 2.32. The zero-order valence-corrected chi connectivity index (χ0v) is 14.2. The van der Waals surface area contributed by atoms with Gasteiger partial charge in [0.1, 0.15) is 11.8 Å². The number of likely N-dealkylation sites (N-methyl/N-ethyl adjacent to an activating group) is 1. The number of ether oxygens (including phenoxy) is 1. The largest absolute Gasteiger partial charge is 0.497 e. The van der Waals surface area contributed by atoms with Gasteiger partial charge in [0, 0.05) is 7.05 Å². The Hall–Kier alpha value is -2.38. The third-order valence-electron chi connectivity index (χ3n) is 3.73. The summed E-state index contributed by atoms with van der Waals surface area (Å²) in [6.45, 7) is 0. The molecular formula is C17H19NO5S. The predicted molar refractivity (Wildman–Crippen MR) is 89.5 cm³/mol. The number of nitrogens with zero attached hydrogens (tertiary/aromatic N) is 1. The van der Waals surface area contributed by atoms with Crippen molar-refractivity contribution in [1.29, 1.82) is 0 Å². The van der Waals surface area contributed by atoms with E-state index in [0.29, 0.717) is 11.3 Å². The van der Waals surface area contributed by atoms with Crippen molar-refractivity contribution in [3.8, 4) is 5.75 Å². The van der Waals surface area contributed by atoms with Crippen molar-refractivity contribution in [2.75, 3.05) is 14.2 Å². The summed E-state index contributed by atoms with van der Waals surface area (Å²) in [5, 5.41) is 9.49. The summed E-state index contributed by atoms with van der Waals surface area (Å²) in [5.41, 5.74) is 0.707. The minimum atomic E-state index is -3.89. The second-order valence-electron chi connectivity index (χ2n) is 5.24. The van der Waals surface area contributed by atoms with E-state index in [0.717, 1.165) is 4.31 Å². The Labute approximate surface area is 141 Å². The molecule has 7 heteroatoms. The lowest BCUT2D eigenvalue weighted by Crippen LogP contribution is -2.43. The fourth-order valence-corrected chi connectivity index (χ4v) is 3.62. The van der Waals surface area contributed by atoms with Gasteiger partial charge in [-0.25, -0.2) is 8.42 Å². The zero-order valence-electron chi connectivity index (χ0n) is 13.4. The average Bonchev–Trinajstić information content (AvgIpc) is 2.60. The Kier molecular flexibility index (Phi) is 5.58. The van der Waals surface area contributed by atoms with Crippen LogP contribution in [0.5, 0.6) is 5.75 Å². The van der Waals surface area contributed by atoms with E-state index in [2.05, 4.69) is 0 Å². The van der Waals surface area contributed by atoms with Crippen molar-refractivity contribution in [2.24, 2.45) is 0 Å². The Morgan fingerprint density at radius 3 is 2.21 bits per heavy atom. The topological polar surface area (TPSA) is 83.9 Å². The van der Waals surface area contributed by atoms with Crippen LogP contribution in [0.2, 0.25) is 0 Å². The molecule has 0 heterocycles. The molecule has 0 saturated heterocycles. The SMILES string of the molecule is COc1ccc(C[C@H](C(=O)O)N(C)S(=O)(=O)c2ccccc2)cc1. The van der Waals surface area contributed by atoms with E-state index < -0.39 is 22.0 Å². The van der Waals surface area contributed by atoms with E-state index in [4.69, 9.17) is 4.74 Å². The van der Waals surface area contributed by atoms with Crippen LogP contribution in [0.25, 0.3) is 0 Å². The summed E-state index contributed by atoms with van der Waals surface area (Å²) in [4.78, 5) is 11.7. The van der Waals surface area contributed by atoms with Gasteiger partial charge in [-0.3, -0.25) is 4.79 Å². The molecule has 1 atom stereocenters. The van der Waals surface area contributed by atoms with Crippen LogP contribution in [0.3, 0.4) is 0 Å². The van der Waals surface area contributed by atoms with Crippen LogP contribution >= 0.6 is 0 Å². The first-order valence-corrected chi connectivity index (χ1v) is 8.69. The Bertz CT molecular complexity index is 787. The third kappa shape index (κ3) is 3.93. The van der Waals surface area contributed by atoms with Crippen molar-refractivity contribution in [1.82, 2.24) is 4.31 Å². The van der Waals surface area contributed by atoms with Crippen LogP contribution in [-0.2, 0) is 21.2 Å². The van der Waals surface area contributed by atoms with Crippen molar-refractivity contribution >= 4 is 16.0 Å². The molecule has 0 saturated carbocycles. The van der Waals surface area contributed by atoms with Crippen LogP contribution in [0.15, 0.2) is 59.5 Å². The van der Waals surface area contributed by atoms with Gasteiger partial charge in [0.25, 0.3) is 0 Å². The van der Waals surface area contributed by atoms with Gasteiger partial charge in [-0.15, -0.1) is 0 Å². The number of hydrogen-bond acceptors (Lipinski definition) is 4. The molecular weight excluding hydrogens is 330 g/mol.